The molecule has 5 nitrogen and oxygen atoms in total. The zero-order valence-electron chi connectivity index (χ0n) is 8.84. The number of carbonyl (C=O) groups excluding carboxylic acids is 1. The first-order valence-electron chi connectivity index (χ1n) is 4.63. The number of fused-ring (bicyclic) bond motifs is 1. The molecule has 90 valence electrons. The second-order valence-electron chi connectivity index (χ2n) is 3.64. The van der Waals surface area contributed by atoms with Crippen LogP contribution >= 0.6 is 0 Å². The zero-order valence-corrected chi connectivity index (χ0v) is 9.66. The number of sulfone groups is 1. The number of para-hydroxylation sites is 1. The summed E-state index contributed by atoms with van der Waals surface area (Å²) < 4.78 is 36.8. The second kappa shape index (κ2) is 3.56. The Morgan fingerprint density at radius 3 is 2.59 bits per heavy atom. The Hall–Kier alpha value is -1.89. The molecule has 1 aromatic heterocycles. The lowest BCUT2D eigenvalue weighted by atomic mass is 10.2. The lowest BCUT2D eigenvalue weighted by Crippen LogP contribution is -2.14. The molecule has 2 rings (SSSR count). The largest absolute Gasteiger partial charge is 0.364 e. The van der Waals surface area contributed by atoms with Gasteiger partial charge >= 0.3 is 0 Å². The van der Waals surface area contributed by atoms with E-state index in [-0.39, 0.29) is 20.9 Å². The van der Waals surface area contributed by atoms with Crippen molar-refractivity contribution in [2.75, 3.05) is 6.26 Å². The minimum atomic E-state index is -3.58. The van der Waals surface area contributed by atoms with E-state index in [4.69, 9.17) is 5.73 Å². The van der Waals surface area contributed by atoms with Crippen LogP contribution < -0.4 is 5.73 Å². The molecule has 7 heteroatoms. The van der Waals surface area contributed by atoms with E-state index in [2.05, 4.69) is 0 Å². The number of carbonyl (C=O) groups is 1. The molecule has 0 aliphatic carbocycles. The van der Waals surface area contributed by atoms with Crippen LogP contribution in [0.3, 0.4) is 0 Å². The minimum absolute atomic E-state index is 0.00799. The number of nitrogens with zero attached hydrogens (tertiary/aromatic N) is 1. The van der Waals surface area contributed by atoms with Gasteiger partial charge in [-0.25, -0.2) is 8.42 Å². The van der Waals surface area contributed by atoms with Gasteiger partial charge in [-0.1, -0.05) is 16.6 Å². The lowest BCUT2D eigenvalue weighted by molar-refractivity contribution is 0.0982. The molecule has 1 aromatic carbocycles. The van der Waals surface area contributed by atoms with Gasteiger partial charge in [0.25, 0.3) is 5.91 Å². The fraction of sp³-hybridized carbons (Fsp3) is 0.100. The van der Waals surface area contributed by atoms with Crippen molar-refractivity contribution in [2.24, 2.45) is 5.73 Å². The maximum Gasteiger partial charge on any atom is 0.268 e. The number of nitrogens with two attached hydrogens (primary N) is 1. The number of benzene rings is 1. The van der Waals surface area contributed by atoms with Crippen molar-refractivity contribution in [2.45, 2.75) is 4.90 Å². The smallest absolute Gasteiger partial charge is 0.268 e. The van der Waals surface area contributed by atoms with Gasteiger partial charge in [0.2, 0.25) is 0 Å². The average Bonchev–Trinajstić information content (AvgIpc) is 2.55. The lowest BCUT2D eigenvalue weighted by Gasteiger charge is -2.01. The number of amides is 1. The molecule has 17 heavy (non-hydrogen) atoms. The predicted octanol–water partition coefficient (Wildman–Crippen LogP) is 0.876. The summed E-state index contributed by atoms with van der Waals surface area (Å²) >= 11 is 0. The van der Waals surface area contributed by atoms with E-state index >= 15 is 0 Å². The predicted molar refractivity (Wildman–Crippen MR) is 60.1 cm³/mol. The first kappa shape index (κ1) is 11.6. The summed E-state index contributed by atoms with van der Waals surface area (Å²) in [6, 6.07) is 5.47. The highest BCUT2D eigenvalue weighted by molar-refractivity contribution is 7.91. The highest BCUT2D eigenvalue weighted by Gasteiger charge is 2.20. The standard InChI is InChI=1S/C10H9FN2O3S/c1-17(15,16)8-4-2-3-6-5-7(10(12)14)13(11)9(6)8/h2-5H,1H3,(H2,12,14). The Labute approximate surface area is 96.5 Å². The van der Waals surface area contributed by atoms with E-state index in [1.54, 1.807) is 0 Å². The van der Waals surface area contributed by atoms with Gasteiger partial charge in [0.05, 0.1) is 4.90 Å². The summed E-state index contributed by atoms with van der Waals surface area (Å²) in [5.74, 6) is -0.955. The highest BCUT2D eigenvalue weighted by atomic mass is 32.2. The molecule has 0 unspecified atom stereocenters. The zero-order chi connectivity index (χ0) is 12.8. The van der Waals surface area contributed by atoms with Gasteiger partial charge in [0, 0.05) is 11.6 Å². The van der Waals surface area contributed by atoms with Crippen LogP contribution in [0.25, 0.3) is 10.9 Å². The minimum Gasteiger partial charge on any atom is -0.364 e. The molecule has 0 aliphatic heterocycles. The molecule has 1 amide bonds. The normalized spacial score (nSPS) is 11.9. The summed E-state index contributed by atoms with van der Waals surface area (Å²) in [5.41, 5.74) is 4.45. The fourth-order valence-electron chi connectivity index (χ4n) is 1.66. The Morgan fingerprint density at radius 2 is 2.06 bits per heavy atom. The number of primary amides is 1. The third-order valence-corrected chi connectivity index (χ3v) is 3.51. The molecule has 0 saturated carbocycles. The van der Waals surface area contributed by atoms with Gasteiger partial charge < -0.3 is 5.73 Å². The molecule has 0 saturated heterocycles. The van der Waals surface area contributed by atoms with E-state index in [9.17, 15) is 17.7 Å². The summed E-state index contributed by atoms with van der Waals surface area (Å²) in [4.78, 5) is 10.8. The van der Waals surface area contributed by atoms with Crippen molar-refractivity contribution in [3.8, 4) is 0 Å². The van der Waals surface area contributed by atoms with Gasteiger partial charge in [-0.3, -0.25) is 4.79 Å². The Morgan fingerprint density at radius 1 is 1.41 bits per heavy atom. The van der Waals surface area contributed by atoms with Gasteiger partial charge in [-0.2, -0.15) is 4.79 Å². The maximum absolute atomic E-state index is 13.8. The summed E-state index contributed by atoms with van der Waals surface area (Å²) in [6.45, 7) is 0. The SMILES string of the molecule is CS(=O)(=O)c1cccc2cc(C(N)=O)n(F)c12. The molecule has 0 bridgehead atoms. The second-order valence-corrected chi connectivity index (χ2v) is 5.62. The van der Waals surface area contributed by atoms with Gasteiger partial charge in [0.1, 0.15) is 11.2 Å². The van der Waals surface area contributed by atoms with Gasteiger partial charge in [0.15, 0.2) is 9.84 Å². The van der Waals surface area contributed by atoms with Crippen molar-refractivity contribution in [1.29, 1.82) is 0 Å². The van der Waals surface area contributed by atoms with Crippen LogP contribution in [0.1, 0.15) is 10.5 Å². The van der Waals surface area contributed by atoms with E-state index in [0.29, 0.717) is 5.39 Å². The van der Waals surface area contributed by atoms with Crippen LogP contribution in [0.2, 0.25) is 0 Å². The number of halogens is 1. The summed E-state index contributed by atoms with van der Waals surface area (Å²) in [7, 11) is -3.58. The molecule has 2 N–H and O–H groups in total. The molecule has 0 spiro atoms. The number of hydrogen-bond donors (Lipinski definition) is 1. The average molecular weight is 256 g/mol. The number of aromatic nitrogens is 1. The van der Waals surface area contributed by atoms with E-state index in [1.807, 2.05) is 0 Å². The van der Waals surface area contributed by atoms with Crippen LogP contribution in [-0.2, 0) is 9.84 Å². The van der Waals surface area contributed by atoms with Crippen LogP contribution in [0.5, 0.6) is 0 Å². The Bertz CT molecular complexity index is 718. The van der Waals surface area contributed by atoms with Crippen LogP contribution in [0, 0.1) is 0 Å². The van der Waals surface area contributed by atoms with E-state index < -0.39 is 15.7 Å². The molecule has 0 radical (unpaired) electrons. The van der Waals surface area contributed by atoms with Crippen molar-refractivity contribution >= 4 is 26.6 Å². The first-order valence-corrected chi connectivity index (χ1v) is 6.52. The molecule has 0 fully saturated rings. The fourth-order valence-corrected chi connectivity index (χ4v) is 2.53. The molecule has 2 aromatic rings. The third kappa shape index (κ3) is 1.78. The first-order chi connectivity index (χ1) is 7.82. The van der Waals surface area contributed by atoms with Crippen molar-refractivity contribution in [3.05, 3.63) is 30.0 Å². The molecule has 0 aliphatic rings. The maximum atomic E-state index is 13.8. The molecular formula is C10H9FN2O3S. The highest BCUT2D eigenvalue weighted by Crippen LogP contribution is 2.26. The number of rotatable bonds is 2. The monoisotopic (exact) mass is 256 g/mol. The van der Waals surface area contributed by atoms with E-state index in [1.165, 1.54) is 24.3 Å². The van der Waals surface area contributed by atoms with Crippen molar-refractivity contribution < 1.29 is 17.7 Å². The Balaban J connectivity index is 2.95. The quantitative estimate of drug-likeness (QED) is 0.865. The topological polar surface area (TPSA) is 82.2 Å². The van der Waals surface area contributed by atoms with Crippen LogP contribution in [0.4, 0.5) is 4.48 Å². The number of hydrogen-bond acceptors (Lipinski definition) is 3. The molecule has 0 atom stereocenters. The van der Waals surface area contributed by atoms with Crippen molar-refractivity contribution in [3.63, 3.8) is 0 Å². The molecule has 1 heterocycles. The van der Waals surface area contributed by atoms with Gasteiger partial charge in [-0.05, 0) is 12.1 Å². The van der Waals surface area contributed by atoms with E-state index in [0.717, 1.165) is 6.26 Å². The van der Waals surface area contributed by atoms with Gasteiger partial charge in [-0.15, -0.1) is 0 Å². The Kier molecular flexibility index (Phi) is 2.43. The molecular weight excluding hydrogens is 247 g/mol. The van der Waals surface area contributed by atoms with Crippen molar-refractivity contribution in [1.82, 2.24) is 4.79 Å². The third-order valence-electron chi connectivity index (χ3n) is 2.38. The summed E-state index contributed by atoms with van der Waals surface area (Å²) in [5, 5.41) is 0.309. The van der Waals surface area contributed by atoms with Crippen LogP contribution in [0.15, 0.2) is 29.2 Å². The summed E-state index contributed by atoms with van der Waals surface area (Å²) in [6.07, 6.45) is 0.971. The van der Waals surface area contributed by atoms with Crippen LogP contribution in [-0.4, -0.2) is 25.4 Å².